The number of hydrogen-bond acceptors (Lipinski definition) is 7. The molecule has 2 aromatic heterocycles. The van der Waals surface area contributed by atoms with Gasteiger partial charge in [0.1, 0.15) is 6.04 Å². The van der Waals surface area contributed by atoms with Crippen molar-refractivity contribution in [2.45, 2.75) is 38.1 Å². The molecular weight excluding hydrogens is 352 g/mol. The van der Waals surface area contributed by atoms with E-state index in [9.17, 15) is 14.4 Å². The molecule has 0 spiro atoms. The van der Waals surface area contributed by atoms with Crippen LogP contribution in [0, 0.1) is 6.92 Å². The predicted octanol–water partition coefficient (Wildman–Crippen LogP) is 0.912. The first kappa shape index (κ1) is 17.4. The van der Waals surface area contributed by atoms with Crippen molar-refractivity contribution in [3.63, 3.8) is 0 Å². The smallest absolute Gasteiger partial charge is 0.308 e. The zero-order valence-corrected chi connectivity index (χ0v) is 15.2. The highest BCUT2D eigenvalue weighted by molar-refractivity contribution is 6.08. The zero-order valence-electron chi connectivity index (χ0n) is 15.2. The lowest BCUT2D eigenvalue weighted by atomic mass is 10.0. The molecule has 2 aliphatic rings. The summed E-state index contributed by atoms with van der Waals surface area (Å²) in [5.74, 6) is -0.925. The van der Waals surface area contributed by atoms with Gasteiger partial charge in [0.25, 0.3) is 11.6 Å². The molecule has 0 radical (unpaired) electrons. The number of aryl methyl sites for hydroxylation is 1. The predicted molar refractivity (Wildman–Crippen MR) is 93.0 cm³/mol. The van der Waals surface area contributed by atoms with Crippen LogP contribution < -0.4 is 5.32 Å². The Bertz CT molecular complexity index is 933. The van der Waals surface area contributed by atoms with E-state index < -0.39 is 12.0 Å². The molecule has 1 atom stereocenters. The Morgan fingerprint density at radius 2 is 2.19 bits per heavy atom. The SMILES string of the molecule is COC(=O)CC1C(=O)NCCN1C(=O)c1cc(C2CC2)nc2onc(C)c12. The summed E-state index contributed by atoms with van der Waals surface area (Å²) in [5, 5.41) is 7.18. The van der Waals surface area contributed by atoms with Crippen molar-refractivity contribution in [1.82, 2.24) is 20.4 Å². The number of hydrogen-bond donors (Lipinski definition) is 1. The van der Waals surface area contributed by atoms with E-state index in [-0.39, 0.29) is 18.2 Å². The normalized spacial score (nSPS) is 19.9. The quantitative estimate of drug-likeness (QED) is 0.793. The van der Waals surface area contributed by atoms with Crippen LogP contribution in [0.1, 0.15) is 46.9 Å². The van der Waals surface area contributed by atoms with E-state index in [0.717, 1.165) is 18.5 Å². The third kappa shape index (κ3) is 3.13. The van der Waals surface area contributed by atoms with Gasteiger partial charge in [0.05, 0.1) is 30.2 Å². The van der Waals surface area contributed by atoms with E-state index >= 15 is 0 Å². The van der Waals surface area contributed by atoms with Gasteiger partial charge >= 0.3 is 5.97 Å². The molecule has 142 valence electrons. The minimum atomic E-state index is -0.911. The lowest BCUT2D eigenvalue weighted by molar-refractivity contribution is -0.145. The number of fused-ring (bicyclic) bond motifs is 1. The number of ether oxygens (including phenoxy) is 1. The molecular formula is C18H20N4O5. The van der Waals surface area contributed by atoms with Crippen LogP contribution in [0.2, 0.25) is 0 Å². The van der Waals surface area contributed by atoms with Crippen molar-refractivity contribution in [3.8, 4) is 0 Å². The third-order valence-electron chi connectivity index (χ3n) is 5.04. The van der Waals surface area contributed by atoms with Crippen LogP contribution in [-0.2, 0) is 14.3 Å². The number of nitrogens with one attached hydrogen (secondary N) is 1. The summed E-state index contributed by atoms with van der Waals surface area (Å²) in [7, 11) is 1.25. The molecule has 1 aliphatic carbocycles. The number of rotatable bonds is 4. The van der Waals surface area contributed by atoms with Crippen LogP contribution in [-0.4, -0.2) is 59.1 Å². The molecule has 27 heavy (non-hydrogen) atoms. The number of aromatic nitrogens is 2. The Kier molecular flexibility index (Phi) is 4.29. The monoisotopic (exact) mass is 372 g/mol. The molecule has 2 fully saturated rings. The van der Waals surface area contributed by atoms with Crippen LogP contribution >= 0.6 is 0 Å². The molecule has 1 saturated carbocycles. The maximum Gasteiger partial charge on any atom is 0.308 e. The molecule has 0 aromatic carbocycles. The molecule has 1 saturated heterocycles. The number of methoxy groups -OCH3 is 1. The first-order valence-corrected chi connectivity index (χ1v) is 8.92. The van der Waals surface area contributed by atoms with Crippen LogP contribution in [0.4, 0.5) is 0 Å². The summed E-state index contributed by atoms with van der Waals surface area (Å²) in [4.78, 5) is 43.3. The van der Waals surface area contributed by atoms with Crippen molar-refractivity contribution >= 4 is 28.9 Å². The molecule has 0 bridgehead atoms. The largest absolute Gasteiger partial charge is 0.469 e. The molecule has 2 aromatic rings. The van der Waals surface area contributed by atoms with Crippen LogP contribution in [0.25, 0.3) is 11.1 Å². The lowest BCUT2D eigenvalue weighted by Gasteiger charge is -2.34. The van der Waals surface area contributed by atoms with E-state index in [4.69, 9.17) is 4.52 Å². The molecule has 1 aliphatic heterocycles. The average Bonchev–Trinajstić information content (AvgIpc) is 3.45. The van der Waals surface area contributed by atoms with Crippen molar-refractivity contribution in [3.05, 3.63) is 23.0 Å². The lowest BCUT2D eigenvalue weighted by Crippen LogP contribution is -2.57. The van der Waals surface area contributed by atoms with Gasteiger partial charge in [0, 0.05) is 24.7 Å². The summed E-state index contributed by atoms with van der Waals surface area (Å²) in [6, 6.07) is 0.861. The van der Waals surface area contributed by atoms with Crippen molar-refractivity contribution in [2.75, 3.05) is 20.2 Å². The van der Waals surface area contributed by atoms with Gasteiger partial charge in [-0.15, -0.1) is 0 Å². The number of carbonyl (C=O) groups is 3. The minimum Gasteiger partial charge on any atom is -0.469 e. The Morgan fingerprint density at radius 1 is 1.41 bits per heavy atom. The highest BCUT2D eigenvalue weighted by Gasteiger charge is 2.37. The number of nitrogens with zero attached hydrogens (tertiary/aromatic N) is 3. The third-order valence-corrected chi connectivity index (χ3v) is 5.04. The highest BCUT2D eigenvalue weighted by atomic mass is 16.5. The summed E-state index contributed by atoms with van der Waals surface area (Å²) >= 11 is 0. The number of pyridine rings is 1. The number of piperazine rings is 1. The fraction of sp³-hybridized carbons (Fsp3) is 0.500. The molecule has 1 N–H and O–H groups in total. The maximum atomic E-state index is 13.4. The standard InChI is InChI=1S/C18H20N4O5/c1-9-15-11(7-12(10-3-4-10)20-17(15)27-21-9)18(25)22-6-5-19-16(24)13(22)8-14(23)26-2/h7,10,13H,3-6,8H2,1-2H3,(H,19,24). The van der Waals surface area contributed by atoms with Crippen molar-refractivity contribution < 1.29 is 23.6 Å². The Balaban J connectivity index is 1.75. The number of amides is 2. The van der Waals surface area contributed by atoms with Gasteiger partial charge in [-0.05, 0) is 25.8 Å². The molecule has 9 nitrogen and oxygen atoms in total. The van der Waals surface area contributed by atoms with E-state index in [1.165, 1.54) is 12.0 Å². The van der Waals surface area contributed by atoms with E-state index in [2.05, 4.69) is 20.2 Å². The van der Waals surface area contributed by atoms with Crippen molar-refractivity contribution in [1.29, 1.82) is 0 Å². The summed E-state index contributed by atoms with van der Waals surface area (Å²) in [6.07, 6.45) is 1.85. The summed E-state index contributed by atoms with van der Waals surface area (Å²) < 4.78 is 9.97. The molecule has 9 heteroatoms. The van der Waals surface area contributed by atoms with E-state index in [1.807, 2.05) is 0 Å². The first-order valence-electron chi connectivity index (χ1n) is 8.92. The van der Waals surface area contributed by atoms with Crippen molar-refractivity contribution in [2.24, 2.45) is 0 Å². The highest BCUT2D eigenvalue weighted by Crippen LogP contribution is 2.40. The summed E-state index contributed by atoms with van der Waals surface area (Å²) in [5.41, 5.74) is 2.10. The van der Waals surface area contributed by atoms with Crippen LogP contribution in [0.15, 0.2) is 10.6 Å². The number of esters is 1. The average molecular weight is 372 g/mol. The van der Waals surface area contributed by atoms with Gasteiger partial charge in [-0.3, -0.25) is 14.4 Å². The molecule has 2 amide bonds. The second-order valence-corrected chi connectivity index (χ2v) is 6.90. The minimum absolute atomic E-state index is 0.194. The summed E-state index contributed by atoms with van der Waals surface area (Å²) in [6.45, 7) is 2.38. The van der Waals surface area contributed by atoms with Gasteiger partial charge in [0.2, 0.25) is 5.91 Å². The fourth-order valence-corrected chi connectivity index (χ4v) is 3.43. The second-order valence-electron chi connectivity index (χ2n) is 6.90. The van der Waals surface area contributed by atoms with Crippen LogP contribution in [0.5, 0.6) is 0 Å². The van der Waals surface area contributed by atoms with Gasteiger partial charge < -0.3 is 19.5 Å². The van der Waals surface area contributed by atoms with E-state index in [1.54, 1.807) is 13.0 Å². The topological polar surface area (TPSA) is 115 Å². The Morgan fingerprint density at radius 3 is 2.89 bits per heavy atom. The molecule has 1 unspecified atom stereocenters. The fourth-order valence-electron chi connectivity index (χ4n) is 3.43. The first-order chi connectivity index (χ1) is 13.0. The van der Waals surface area contributed by atoms with Gasteiger partial charge in [0.15, 0.2) is 0 Å². The molecule has 3 heterocycles. The Hall–Kier alpha value is -2.97. The zero-order chi connectivity index (χ0) is 19.1. The van der Waals surface area contributed by atoms with Gasteiger partial charge in [-0.2, -0.15) is 0 Å². The second kappa shape index (κ2) is 6.64. The van der Waals surface area contributed by atoms with Gasteiger partial charge in [-0.1, -0.05) is 5.16 Å². The maximum absolute atomic E-state index is 13.4. The van der Waals surface area contributed by atoms with Gasteiger partial charge in [-0.25, -0.2) is 4.98 Å². The Labute approximate surface area is 155 Å². The van der Waals surface area contributed by atoms with Crippen LogP contribution in [0.3, 0.4) is 0 Å². The van der Waals surface area contributed by atoms with E-state index in [0.29, 0.717) is 41.4 Å². The number of carbonyl (C=O) groups excluding carboxylic acids is 3. The molecule has 4 rings (SSSR count).